The molecule has 1 fully saturated rings. The molecule has 0 aliphatic carbocycles. The fourth-order valence-corrected chi connectivity index (χ4v) is 3.79. The summed E-state index contributed by atoms with van der Waals surface area (Å²) in [6.07, 6.45) is 2.71. The maximum Gasteiger partial charge on any atom is 0.250 e. The van der Waals surface area contributed by atoms with Crippen LogP contribution < -0.4 is 9.80 Å². The predicted molar refractivity (Wildman–Crippen MR) is 94.0 cm³/mol. The van der Waals surface area contributed by atoms with Gasteiger partial charge in [-0.1, -0.05) is 18.2 Å². The molecule has 2 aromatic rings. The number of anilines is 2. The lowest BCUT2D eigenvalue weighted by Gasteiger charge is -2.34. The van der Waals surface area contributed by atoms with E-state index in [0.29, 0.717) is 25.1 Å². The monoisotopic (exact) mass is 338 g/mol. The van der Waals surface area contributed by atoms with E-state index in [1.807, 2.05) is 24.3 Å². The zero-order valence-corrected chi connectivity index (χ0v) is 13.8. The van der Waals surface area contributed by atoms with Crippen LogP contribution in [0.25, 0.3) is 0 Å². The SMILES string of the molecule is O=C(C1CCC(=O)N1c1ccc(F)cc1)N1CCCc2ccccc21. The van der Waals surface area contributed by atoms with Crippen molar-refractivity contribution in [1.82, 2.24) is 0 Å². The van der Waals surface area contributed by atoms with Crippen molar-refractivity contribution in [2.45, 2.75) is 31.7 Å². The van der Waals surface area contributed by atoms with Crippen LogP contribution in [0, 0.1) is 5.82 Å². The molecule has 1 unspecified atom stereocenters. The smallest absolute Gasteiger partial charge is 0.250 e. The molecule has 2 aromatic carbocycles. The number of rotatable bonds is 2. The van der Waals surface area contributed by atoms with Gasteiger partial charge in [-0.05, 0) is 55.2 Å². The Balaban J connectivity index is 1.65. The lowest BCUT2D eigenvalue weighted by Crippen LogP contribution is -2.48. The molecule has 128 valence electrons. The van der Waals surface area contributed by atoms with Gasteiger partial charge >= 0.3 is 0 Å². The van der Waals surface area contributed by atoms with Crippen molar-refractivity contribution in [2.75, 3.05) is 16.3 Å². The zero-order chi connectivity index (χ0) is 17.4. The van der Waals surface area contributed by atoms with Gasteiger partial charge in [0.2, 0.25) is 11.8 Å². The van der Waals surface area contributed by atoms with Gasteiger partial charge in [0.1, 0.15) is 11.9 Å². The quantitative estimate of drug-likeness (QED) is 0.843. The highest BCUT2D eigenvalue weighted by Gasteiger charge is 2.40. The van der Waals surface area contributed by atoms with E-state index in [1.165, 1.54) is 22.6 Å². The molecule has 4 rings (SSSR count). The highest BCUT2D eigenvalue weighted by atomic mass is 19.1. The maximum atomic E-state index is 13.2. The number of aryl methyl sites for hydroxylation is 1. The average Bonchev–Trinajstić information content (AvgIpc) is 3.03. The third-order valence-corrected chi connectivity index (χ3v) is 4.98. The second-order valence-corrected chi connectivity index (χ2v) is 6.52. The Morgan fingerprint density at radius 1 is 1.04 bits per heavy atom. The van der Waals surface area contributed by atoms with Crippen molar-refractivity contribution in [3.63, 3.8) is 0 Å². The molecule has 2 aliphatic rings. The molecule has 0 saturated carbocycles. The summed E-state index contributed by atoms with van der Waals surface area (Å²) in [5.74, 6) is -0.499. The molecule has 25 heavy (non-hydrogen) atoms. The first-order valence-electron chi connectivity index (χ1n) is 8.62. The van der Waals surface area contributed by atoms with Crippen LogP contribution in [-0.2, 0) is 16.0 Å². The van der Waals surface area contributed by atoms with Gasteiger partial charge in [-0.3, -0.25) is 14.5 Å². The lowest BCUT2D eigenvalue weighted by molar-refractivity contribution is -0.122. The van der Waals surface area contributed by atoms with E-state index >= 15 is 0 Å². The topological polar surface area (TPSA) is 40.6 Å². The van der Waals surface area contributed by atoms with Crippen LogP contribution in [0.2, 0.25) is 0 Å². The van der Waals surface area contributed by atoms with E-state index in [0.717, 1.165) is 18.5 Å². The number of nitrogens with zero attached hydrogens (tertiary/aromatic N) is 2. The molecule has 0 radical (unpaired) electrons. The van der Waals surface area contributed by atoms with Crippen LogP contribution in [0.3, 0.4) is 0 Å². The molecule has 4 nitrogen and oxygen atoms in total. The number of amides is 2. The van der Waals surface area contributed by atoms with Crippen LogP contribution in [0.5, 0.6) is 0 Å². The van der Waals surface area contributed by atoms with Crippen LogP contribution in [0.4, 0.5) is 15.8 Å². The Kier molecular flexibility index (Phi) is 3.99. The number of halogens is 1. The van der Waals surface area contributed by atoms with Crippen molar-refractivity contribution < 1.29 is 14.0 Å². The molecule has 2 amide bonds. The van der Waals surface area contributed by atoms with Crippen molar-refractivity contribution >= 4 is 23.2 Å². The minimum absolute atomic E-state index is 0.0534. The Labute approximate surface area is 145 Å². The van der Waals surface area contributed by atoms with Gasteiger partial charge in [0, 0.05) is 24.3 Å². The summed E-state index contributed by atoms with van der Waals surface area (Å²) in [6, 6.07) is 13.2. The van der Waals surface area contributed by atoms with Crippen molar-refractivity contribution in [2.24, 2.45) is 0 Å². The minimum atomic E-state index is -0.524. The average molecular weight is 338 g/mol. The third kappa shape index (κ3) is 2.80. The lowest BCUT2D eigenvalue weighted by atomic mass is 10.0. The van der Waals surface area contributed by atoms with Crippen LogP contribution in [0.1, 0.15) is 24.8 Å². The molecule has 5 heteroatoms. The van der Waals surface area contributed by atoms with Crippen molar-refractivity contribution in [3.8, 4) is 0 Å². The van der Waals surface area contributed by atoms with Gasteiger partial charge in [-0.2, -0.15) is 0 Å². The van der Waals surface area contributed by atoms with E-state index in [-0.39, 0.29) is 17.6 Å². The molecule has 2 aliphatic heterocycles. The number of carbonyl (C=O) groups excluding carboxylic acids is 2. The zero-order valence-electron chi connectivity index (χ0n) is 13.8. The van der Waals surface area contributed by atoms with Gasteiger partial charge in [0.15, 0.2) is 0 Å². The van der Waals surface area contributed by atoms with E-state index in [2.05, 4.69) is 0 Å². The highest BCUT2D eigenvalue weighted by Crippen LogP contribution is 2.32. The van der Waals surface area contributed by atoms with E-state index in [1.54, 1.807) is 17.0 Å². The summed E-state index contributed by atoms with van der Waals surface area (Å²) >= 11 is 0. The number of carbonyl (C=O) groups is 2. The minimum Gasteiger partial charge on any atom is -0.310 e. The van der Waals surface area contributed by atoms with Crippen molar-refractivity contribution in [1.29, 1.82) is 0 Å². The Morgan fingerprint density at radius 2 is 1.80 bits per heavy atom. The molecular weight excluding hydrogens is 319 g/mol. The number of hydrogen-bond donors (Lipinski definition) is 0. The summed E-state index contributed by atoms with van der Waals surface area (Å²) in [5.41, 5.74) is 2.68. The largest absolute Gasteiger partial charge is 0.310 e. The van der Waals surface area contributed by atoms with Crippen LogP contribution in [0.15, 0.2) is 48.5 Å². The maximum absolute atomic E-state index is 13.2. The van der Waals surface area contributed by atoms with Gasteiger partial charge in [0.25, 0.3) is 0 Å². The number of benzene rings is 2. The van der Waals surface area contributed by atoms with Crippen molar-refractivity contribution in [3.05, 3.63) is 59.9 Å². The molecule has 1 atom stereocenters. The molecule has 0 bridgehead atoms. The first-order valence-corrected chi connectivity index (χ1v) is 8.62. The van der Waals surface area contributed by atoms with E-state index in [4.69, 9.17) is 0 Å². The normalized spacial score (nSPS) is 19.9. The second-order valence-electron chi connectivity index (χ2n) is 6.52. The van der Waals surface area contributed by atoms with Gasteiger partial charge in [-0.25, -0.2) is 4.39 Å². The summed E-state index contributed by atoms with van der Waals surface area (Å²) in [6.45, 7) is 0.664. The molecule has 2 heterocycles. The van der Waals surface area contributed by atoms with Gasteiger partial charge in [0.05, 0.1) is 0 Å². The Bertz CT molecular complexity index is 819. The molecule has 1 saturated heterocycles. The van der Waals surface area contributed by atoms with Gasteiger partial charge in [-0.15, -0.1) is 0 Å². The highest BCUT2D eigenvalue weighted by molar-refractivity contribution is 6.08. The summed E-state index contributed by atoms with van der Waals surface area (Å²) < 4.78 is 13.2. The van der Waals surface area contributed by atoms with Crippen LogP contribution >= 0.6 is 0 Å². The number of hydrogen-bond acceptors (Lipinski definition) is 2. The third-order valence-electron chi connectivity index (χ3n) is 4.98. The Hall–Kier alpha value is -2.69. The Morgan fingerprint density at radius 3 is 2.60 bits per heavy atom. The van der Waals surface area contributed by atoms with Gasteiger partial charge < -0.3 is 4.90 Å². The standard InChI is InChI=1S/C20H19FN2O2/c21-15-7-9-16(10-8-15)23-18(11-12-19(23)24)20(25)22-13-3-5-14-4-1-2-6-17(14)22/h1-2,4,6-10,18H,3,5,11-13H2. The summed E-state index contributed by atoms with van der Waals surface area (Å²) in [5, 5.41) is 0. The summed E-state index contributed by atoms with van der Waals surface area (Å²) in [4.78, 5) is 28.9. The van der Waals surface area contributed by atoms with Crippen LogP contribution in [-0.4, -0.2) is 24.4 Å². The van der Waals surface area contributed by atoms with E-state index in [9.17, 15) is 14.0 Å². The fraction of sp³-hybridized carbons (Fsp3) is 0.300. The second kappa shape index (κ2) is 6.31. The first kappa shape index (κ1) is 15.8. The fourth-order valence-electron chi connectivity index (χ4n) is 3.79. The predicted octanol–water partition coefficient (Wildman–Crippen LogP) is 3.30. The molecule has 0 N–H and O–H groups in total. The number of para-hydroxylation sites is 1. The van der Waals surface area contributed by atoms with E-state index < -0.39 is 6.04 Å². The molecule has 0 spiro atoms. The summed E-state index contributed by atoms with van der Waals surface area (Å²) in [7, 11) is 0. The molecule has 0 aromatic heterocycles. The molecular formula is C20H19FN2O2. The first-order chi connectivity index (χ1) is 12.1. The number of fused-ring (bicyclic) bond motifs is 1.